The van der Waals surface area contributed by atoms with Gasteiger partial charge in [-0.3, -0.25) is 0 Å². The van der Waals surface area contributed by atoms with Crippen LogP contribution < -0.4 is 4.57 Å². The number of fused-ring (bicyclic) bond motifs is 3. The Balaban J connectivity index is 0.000000653. The summed E-state index contributed by atoms with van der Waals surface area (Å²) in [5.74, 6) is 1.25. The van der Waals surface area contributed by atoms with Crippen molar-refractivity contribution in [3.63, 3.8) is 0 Å². The largest absolute Gasteiger partial charge is 0.298 e. The van der Waals surface area contributed by atoms with Gasteiger partial charge in [-0.05, 0) is 17.8 Å². The molecular weight excluding hydrogens is 313 g/mol. The number of thiazole rings is 1. The van der Waals surface area contributed by atoms with Gasteiger partial charge in [0, 0.05) is 6.07 Å². The SMILES string of the molecule is I.c1ccc2c(c1)sc1[n+]2CCS1. The molecular formula is C9H9INS2+. The lowest BCUT2D eigenvalue weighted by atomic mass is 10.3. The van der Waals surface area contributed by atoms with Crippen LogP contribution in [-0.4, -0.2) is 5.75 Å². The number of nitrogens with zero attached hydrogens (tertiary/aromatic N) is 1. The highest BCUT2D eigenvalue weighted by Crippen LogP contribution is 2.31. The quantitative estimate of drug-likeness (QED) is 0.533. The van der Waals surface area contributed by atoms with E-state index < -0.39 is 0 Å². The van der Waals surface area contributed by atoms with Crippen LogP contribution in [0.25, 0.3) is 10.2 Å². The maximum absolute atomic E-state index is 2.42. The zero-order valence-corrected chi connectivity index (χ0v) is 10.9. The average molecular weight is 322 g/mol. The van der Waals surface area contributed by atoms with E-state index in [9.17, 15) is 0 Å². The Morgan fingerprint density at radius 3 is 3.00 bits per heavy atom. The van der Waals surface area contributed by atoms with Crippen LogP contribution in [0.5, 0.6) is 0 Å². The van der Waals surface area contributed by atoms with Crippen molar-refractivity contribution in [2.75, 3.05) is 5.75 Å². The van der Waals surface area contributed by atoms with Crippen LogP contribution in [0.2, 0.25) is 0 Å². The summed E-state index contributed by atoms with van der Waals surface area (Å²) in [4.78, 5) is 0. The van der Waals surface area contributed by atoms with Crippen LogP contribution in [-0.2, 0) is 6.54 Å². The van der Waals surface area contributed by atoms with Crippen LogP contribution in [0.4, 0.5) is 0 Å². The third-order valence-corrected chi connectivity index (χ3v) is 4.53. The predicted molar refractivity (Wildman–Crippen MR) is 68.2 cm³/mol. The highest BCUT2D eigenvalue weighted by Gasteiger charge is 2.25. The number of benzene rings is 1. The van der Waals surface area contributed by atoms with Gasteiger partial charge in [-0.2, -0.15) is 4.57 Å². The van der Waals surface area contributed by atoms with Crippen LogP contribution in [0.15, 0.2) is 28.6 Å². The fourth-order valence-electron chi connectivity index (χ4n) is 1.56. The van der Waals surface area contributed by atoms with Crippen molar-refractivity contribution in [2.24, 2.45) is 0 Å². The van der Waals surface area contributed by atoms with Crippen molar-refractivity contribution in [3.05, 3.63) is 24.3 Å². The molecule has 0 bridgehead atoms. The molecule has 0 spiro atoms. The van der Waals surface area contributed by atoms with Crippen molar-refractivity contribution >= 4 is 57.3 Å². The van der Waals surface area contributed by atoms with Gasteiger partial charge in [0.25, 0.3) is 4.34 Å². The zero-order valence-electron chi connectivity index (χ0n) is 6.90. The predicted octanol–water partition coefficient (Wildman–Crippen LogP) is 2.91. The first-order valence-corrected chi connectivity index (χ1v) is 5.79. The Kier molecular flexibility index (Phi) is 2.80. The van der Waals surface area contributed by atoms with E-state index in [1.54, 1.807) is 0 Å². The molecule has 0 N–H and O–H groups in total. The second kappa shape index (κ2) is 3.74. The van der Waals surface area contributed by atoms with Gasteiger partial charge in [0.2, 0.25) is 5.52 Å². The molecule has 1 aliphatic rings. The van der Waals surface area contributed by atoms with E-state index in [2.05, 4.69) is 28.8 Å². The molecule has 0 atom stereocenters. The van der Waals surface area contributed by atoms with E-state index in [1.165, 1.54) is 26.9 Å². The van der Waals surface area contributed by atoms with E-state index in [0.717, 1.165) is 0 Å². The molecule has 68 valence electrons. The Morgan fingerprint density at radius 2 is 2.08 bits per heavy atom. The van der Waals surface area contributed by atoms with Crippen molar-refractivity contribution in [3.8, 4) is 0 Å². The molecule has 0 aliphatic carbocycles. The summed E-state index contributed by atoms with van der Waals surface area (Å²) >= 11 is 3.89. The van der Waals surface area contributed by atoms with Gasteiger partial charge in [0.05, 0.1) is 5.75 Å². The first kappa shape index (κ1) is 9.73. The normalized spacial score (nSPS) is 14.2. The third kappa shape index (κ3) is 1.49. The molecule has 0 fully saturated rings. The van der Waals surface area contributed by atoms with E-state index in [4.69, 9.17) is 0 Å². The summed E-state index contributed by atoms with van der Waals surface area (Å²) in [6.45, 7) is 1.18. The smallest absolute Gasteiger partial charge is 0.175 e. The van der Waals surface area contributed by atoms with Gasteiger partial charge in [0.1, 0.15) is 4.70 Å². The number of aryl methyl sites for hydroxylation is 1. The molecule has 0 amide bonds. The van der Waals surface area contributed by atoms with Crippen LogP contribution in [0, 0.1) is 0 Å². The number of rotatable bonds is 0. The monoisotopic (exact) mass is 322 g/mol. The van der Waals surface area contributed by atoms with Crippen LogP contribution in [0.3, 0.4) is 0 Å². The first-order valence-electron chi connectivity index (χ1n) is 3.99. The third-order valence-electron chi connectivity index (χ3n) is 2.11. The second-order valence-corrected chi connectivity index (χ2v) is 5.21. The number of para-hydroxylation sites is 1. The maximum Gasteiger partial charge on any atom is 0.298 e. The Bertz CT molecular complexity index is 438. The molecule has 0 saturated heterocycles. The zero-order chi connectivity index (χ0) is 7.97. The van der Waals surface area contributed by atoms with Crippen molar-refractivity contribution in [1.29, 1.82) is 0 Å². The molecule has 0 radical (unpaired) electrons. The highest BCUT2D eigenvalue weighted by atomic mass is 127. The van der Waals surface area contributed by atoms with Gasteiger partial charge in [0.15, 0.2) is 6.54 Å². The van der Waals surface area contributed by atoms with Gasteiger partial charge in [-0.25, -0.2) is 0 Å². The summed E-state index contributed by atoms with van der Waals surface area (Å²) in [5.41, 5.74) is 1.41. The summed E-state index contributed by atoms with van der Waals surface area (Å²) in [5, 5.41) is 0. The van der Waals surface area contributed by atoms with Crippen molar-refractivity contribution < 1.29 is 4.57 Å². The maximum atomic E-state index is 2.42. The minimum absolute atomic E-state index is 0. The fourth-order valence-corrected chi connectivity index (χ4v) is 4.02. The Labute approximate surface area is 102 Å². The van der Waals surface area contributed by atoms with Gasteiger partial charge in [-0.1, -0.05) is 23.5 Å². The second-order valence-electron chi connectivity index (χ2n) is 2.84. The lowest BCUT2D eigenvalue weighted by molar-refractivity contribution is -0.692. The lowest BCUT2D eigenvalue weighted by Crippen LogP contribution is -2.30. The fraction of sp³-hybridized carbons (Fsp3) is 0.222. The minimum Gasteiger partial charge on any atom is -0.175 e. The summed E-state index contributed by atoms with van der Waals surface area (Å²) in [7, 11) is 0. The lowest BCUT2D eigenvalue weighted by Gasteiger charge is -1.84. The average Bonchev–Trinajstić information content (AvgIpc) is 2.62. The summed E-state index contributed by atoms with van der Waals surface area (Å²) in [6.07, 6.45) is 0. The molecule has 13 heavy (non-hydrogen) atoms. The molecule has 1 aliphatic heterocycles. The standard InChI is InChI=1S/C9H8NS2.HI/c1-2-4-8-7(3-1)10-5-6-11-9(10)12-8;/h1-4H,5-6H2;1H/q+1;. The molecule has 2 aromatic rings. The summed E-state index contributed by atoms with van der Waals surface area (Å²) < 4.78 is 5.31. The topological polar surface area (TPSA) is 3.88 Å². The van der Waals surface area contributed by atoms with E-state index >= 15 is 0 Å². The van der Waals surface area contributed by atoms with Gasteiger partial charge >= 0.3 is 0 Å². The molecule has 0 unspecified atom stereocenters. The Hall–Kier alpha value is 0.190. The summed E-state index contributed by atoms with van der Waals surface area (Å²) in [6, 6.07) is 8.64. The molecule has 4 heteroatoms. The molecule has 1 aromatic carbocycles. The van der Waals surface area contributed by atoms with Crippen LogP contribution in [0.1, 0.15) is 0 Å². The number of thioether (sulfide) groups is 1. The molecule has 3 rings (SSSR count). The molecule has 0 saturated carbocycles. The first-order chi connectivity index (χ1) is 5.95. The van der Waals surface area contributed by atoms with E-state index in [0.29, 0.717) is 0 Å². The number of hydrogen-bond acceptors (Lipinski definition) is 2. The van der Waals surface area contributed by atoms with Crippen molar-refractivity contribution in [2.45, 2.75) is 10.9 Å². The van der Waals surface area contributed by atoms with Crippen LogP contribution >= 0.6 is 47.1 Å². The number of hydrogen-bond donors (Lipinski definition) is 0. The van der Waals surface area contributed by atoms with E-state index in [1.807, 2.05) is 23.1 Å². The highest BCUT2D eigenvalue weighted by molar-refractivity contribution is 14.0. The van der Waals surface area contributed by atoms with Crippen molar-refractivity contribution in [1.82, 2.24) is 0 Å². The molecule has 2 heterocycles. The molecule has 1 aromatic heterocycles. The Morgan fingerprint density at radius 1 is 1.23 bits per heavy atom. The van der Waals surface area contributed by atoms with Gasteiger partial charge < -0.3 is 0 Å². The number of aromatic nitrogens is 1. The molecule has 1 nitrogen and oxygen atoms in total. The van der Waals surface area contributed by atoms with Gasteiger partial charge in [-0.15, -0.1) is 24.0 Å². The minimum atomic E-state index is 0. The number of halogens is 1. The van der Waals surface area contributed by atoms with E-state index in [-0.39, 0.29) is 24.0 Å².